The highest BCUT2D eigenvalue weighted by Crippen LogP contribution is 2.20. The van der Waals surface area contributed by atoms with Crippen molar-refractivity contribution in [1.29, 1.82) is 0 Å². The molecular formula is C19H26N6O3+4. The number of barbiturate groups is 1. The van der Waals surface area contributed by atoms with E-state index >= 15 is 0 Å². The molecule has 5 N–H and O–H groups in total. The van der Waals surface area contributed by atoms with Gasteiger partial charge in [-0.3, -0.25) is 14.9 Å². The molecule has 0 radical (unpaired) electrons. The molecule has 5 heterocycles. The number of amides is 4. The third-order valence-electron chi connectivity index (χ3n) is 6.28. The Morgan fingerprint density at radius 1 is 1.11 bits per heavy atom. The zero-order valence-corrected chi connectivity index (χ0v) is 15.9. The number of hydrogen-bond acceptors (Lipinski definition) is 3. The molecule has 0 aliphatic carbocycles. The van der Waals surface area contributed by atoms with Gasteiger partial charge in [0.2, 0.25) is 20.0 Å². The lowest BCUT2D eigenvalue weighted by Gasteiger charge is -2.48. The van der Waals surface area contributed by atoms with Gasteiger partial charge >= 0.3 is 11.6 Å². The van der Waals surface area contributed by atoms with Crippen molar-refractivity contribution < 1.29 is 34.1 Å². The van der Waals surface area contributed by atoms with Gasteiger partial charge < -0.3 is 0 Å². The average Bonchev–Trinajstić information content (AvgIpc) is 2.60. The summed E-state index contributed by atoms with van der Waals surface area (Å²) in [6, 6.07) is 6.46. The van der Waals surface area contributed by atoms with Crippen molar-refractivity contribution in [1.82, 2.24) is 5.32 Å². The number of quaternary nitrogens is 3. The van der Waals surface area contributed by atoms with Crippen molar-refractivity contribution >= 4 is 29.7 Å². The number of hydrogen-bond donors (Lipinski definition) is 5. The zero-order valence-electron chi connectivity index (χ0n) is 15.9. The number of urea groups is 1. The first-order valence-corrected chi connectivity index (χ1v) is 9.80. The van der Waals surface area contributed by atoms with Crippen molar-refractivity contribution in [3.05, 3.63) is 29.8 Å². The molecule has 6 rings (SSSR count). The van der Waals surface area contributed by atoms with Crippen LogP contribution in [0.4, 0.5) is 10.5 Å². The van der Waals surface area contributed by atoms with Crippen LogP contribution in [0.3, 0.4) is 0 Å². The number of rotatable bonds is 3. The summed E-state index contributed by atoms with van der Waals surface area (Å²) in [7, 11) is 0. The molecule has 9 heteroatoms. The van der Waals surface area contributed by atoms with Crippen LogP contribution in [-0.2, 0) is 9.59 Å². The fraction of sp³-hybridized carbons (Fsp3) is 0.474. The predicted octanol–water partition coefficient (Wildman–Crippen LogP) is -6.35. The minimum absolute atomic E-state index is 0.0923. The van der Waals surface area contributed by atoms with Crippen LogP contribution in [0.25, 0.3) is 0 Å². The minimum atomic E-state index is -1.02. The normalized spacial score (nSPS) is 37.0. The van der Waals surface area contributed by atoms with Crippen LogP contribution in [0.2, 0.25) is 0 Å². The summed E-state index contributed by atoms with van der Waals surface area (Å²) in [6.07, 6.45) is 1.61. The van der Waals surface area contributed by atoms with Crippen molar-refractivity contribution in [2.45, 2.75) is 12.5 Å². The highest BCUT2D eigenvalue weighted by molar-refractivity contribution is 6.32. The lowest BCUT2D eigenvalue weighted by atomic mass is 9.91. The summed E-state index contributed by atoms with van der Waals surface area (Å²) >= 11 is 0. The van der Waals surface area contributed by atoms with Crippen molar-refractivity contribution in [2.75, 3.05) is 44.5 Å². The molecule has 0 unspecified atom stereocenters. The standard InChI is InChI=1S/C19H22N6O3/c1-13-3-2-4-14(5-13)25-17(27)15(16(26)21-18(25)28)6-20-19-7-22-10-23(8-19)12-24(9-19)11-22/h2-6,15H,7-12H2,1H3,(H,21,26,28)/p+4/t15-/m0/s1. The highest BCUT2D eigenvalue weighted by Gasteiger charge is 2.61. The van der Waals surface area contributed by atoms with E-state index in [4.69, 9.17) is 0 Å². The van der Waals surface area contributed by atoms with Gasteiger partial charge in [0.1, 0.15) is 0 Å². The smallest absolute Gasteiger partial charge is 0.276 e. The third-order valence-corrected chi connectivity index (χ3v) is 6.28. The van der Waals surface area contributed by atoms with E-state index in [0.29, 0.717) is 5.69 Å². The first kappa shape index (κ1) is 17.5. The number of carbonyl (C=O) groups excluding carboxylic acids is 3. The molecule has 0 saturated carbocycles. The average molecular weight is 386 g/mol. The van der Waals surface area contributed by atoms with Crippen LogP contribution < -0.4 is 29.9 Å². The second kappa shape index (κ2) is 6.20. The molecule has 1 atom stereocenters. The van der Waals surface area contributed by atoms with E-state index in [1.807, 2.05) is 13.0 Å². The van der Waals surface area contributed by atoms with Crippen LogP contribution in [0, 0.1) is 12.8 Å². The van der Waals surface area contributed by atoms with Crippen molar-refractivity contribution in [3.8, 4) is 0 Å². The van der Waals surface area contributed by atoms with Gasteiger partial charge in [-0.15, -0.1) is 0 Å². The van der Waals surface area contributed by atoms with E-state index in [0.717, 1.165) is 50.1 Å². The Kier molecular flexibility index (Phi) is 3.87. The van der Waals surface area contributed by atoms with Crippen molar-refractivity contribution in [2.24, 2.45) is 5.92 Å². The summed E-state index contributed by atoms with van der Waals surface area (Å²) in [5, 5.41) is 2.33. The summed E-state index contributed by atoms with van der Waals surface area (Å²) in [5.74, 6) is -2.10. The molecule has 5 saturated heterocycles. The second-order valence-corrected chi connectivity index (χ2v) is 8.69. The molecule has 5 fully saturated rings. The highest BCUT2D eigenvalue weighted by atomic mass is 16.2. The van der Waals surface area contributed by atoms with Crippen LogP contribution in [-0.4, -0.2) is 69.2 Å². The SMILES string of the molecule is Cc1cccc(N2C(=O)NC(=O)[C@H](C=[NH+]C34C[NH+]5C[NH+](C[NH+](C5)C3)C4)C2=O)c1. The van der Waals surface area contributed by atoms with Gasteiger partial charge in [-0.25, -0.2) is 29.4 Å². The van der Waals surface area contributed by atoms with E-state index in [-0.39, 0.29) is 5.54 Å². The maximum absolute atomic E-state index is 13.0. The molecule has 9 nitrogen and oxygen atoms in total. The monoisotopic (exact) mass is 386 g/mol. The van der Waals surface area contributed by atoms with Crippen LogP contribution in [0.5, 0.6) is 0 Å². The Labute approximate surface area is 162 Å². The number of imide groups is 2. The Balaban J connectivity index is 1.41. The fourth-order valence-electron chi connectivity index (χ4n) is 5.41. The van der Waals surface area contributed by atoms with Crippen LogP contribution in [0.1, 0.15) is 5.56 Å². The molecule has 28 heavy (non-hydrogen) atoms. The summed E-state index contributed by atoms with van der Waals surface area (Å²) in [4.78, 5) is 47.0. The lowest BCUT2D eigenvalue weighted by Crippen LogP contribution is -3.58. The van der Waals surface area contributed by atoms with Gasteiger partial charge in [-0.05, 0) is 24.6 Å². The Morgan fingerprint density at radius 3 is 2.36 bits per heavy atom. The van der Waals surface area contributed by atoms with E-state index in [1.165, 1.54) is 0 Å². The number of carbonyl (C=O) groups is 3. The summed E-state index contributed by atoms with van der Waals surface area (Å²) in [5.41, 5.74) is 1.32. The summed E-state index contributed by atoms with van der Waals surface area (Å²) < 4.78 is 0. The number of anilines is 1. The maximum Gasteiger partial charge on any atom is 0.335 e. The molecule has 5 aliphatic heterocycles. The molecular weight excluding hydrogens is 360 g/mol. The second-order valence-electron chi connectivity index (χ2n) is 8.69. The predicted molar refractivity (Wildman–Crippen MR) is 97.5 cm³/mol. The Bertz CT molecular complexity index is 862. The Hall–Kier alpha value is -2.62. The number of benzene rings is 1. The van der Waals surface area contributed by atoms with Gasteiger partial charge in [-0.1, -0.05) is 12.1 Å². The molecule has 5 aliphatic rings. The van der Waals surface area contributed by atoms with E-state index < -0.39 is 23.8 Å². The third kappa shape index (κ3) is 2.83. The number of nitrogens with zero attached hydrogens (tertiary/aromatic N) is 1. The van der Waals surface area contributed by atoms with Gasteiger partial charge in [0.15, 0.2) is 31.8 Å². The first-order chi connectivity index (χ1) is 13.4. The van der Waals surface area contributed by atoms with Gasteiger partial charge in [0.25, 0.3) is 11.8 Å². The first-order valence-electron chi connectivity index (χ1n) is 9.80. The zero-order chi connectivity index (χ0) is 19.5. The van der Waals surface area contributed by atoms with Gasteiger partial charge in [0.05, 0.1) is 5.69 Å². The van der Waals surface area contributed by atoms with E-state index in [2.05, 4.69) is 10.3 Å². The van der Waals surface area contributed by atoms with Crippen LogP contribution >= 0.6 is 0 Å². The molecule has 4 amide bonds. The quantitative estimate of drug-likeness (QED) is 0.264. The van der Waals surface area contributed by atoms with Crippen molar-refractivity contribution in [3.63, 3.8) is 0 Å². The molecule has 0 spiro atoms. The maximum atomic E-state index is 13.0. The summed E-state index contributed by atoms with van der Waals surface area (Å²) in [6.45, 7) is 8.33. The molecule has 1 aromatic carbocycles. The fourth-order valence-corrected chi connectivity index (χ4v) is 5.41. The van der Waals surface area contributed by atoms with Gasteiger partial charge in [0, 0.05) is 0 Å². The minimum Gasteiger partial charge on any atom is -0.276 e. The van der Waals surface area contributed by atoms with E-state index in [1.54, 1.807) is 39.1 Å². The van der Waals surface area contributed by atoms with Gasteiger partial charge in [-0.2, -0.15) is 0 Å². The Morgan fingerprint density at radius 2 is 1.75 bits per heavy atom. The number of nitrogens with one attached hydrogen (secondary N) is 5. The molecule has 4 bridgehead atoms. The van der Waals surface area contributed by atoms with Crippen LogP contribution in [0.15, 0.2) is 24.3 Å². The largest absolute Gasteiger partial charge is 0.335 e. The molecule has 0 aromatic heterocycles. The lowest BCUT2D eigenvalue weighted by molar-refractivity contribution is -1.30. The number of aryl methyl sites for hydroxylation is 1. The topological polar surface area (TPSA) is 93.8 Å². The molecule has 146 valence electrons. The van der Waals surface area contributed by atoms with E-state index in [9.17, 15) is 14.4 Å². The molecule has 1 aromatic rings.